The Morgan fingerprint density at radius 3 is 2.27 bits per heavy atom. The Hall–Kier alpha value is -1.14. The number of benzene rings is 1. The van der Waals surface area contributed by atoms with Crippen molar-refractivity contribution in [1.82, 2.24) is 0 Å². The third-order valence-electron chi connectivity index (χ3n) is 5.20. The second-order valence-electron chi connectivity index (χ2n) is 9.32. The smallest absolute Gasteiger partial charge is 0.349 e. The van der Waals surface area contributed by atoms with Crippen molar-refractivity contribution >= 4 is 8.56 Å². The summed E-state index contributed by atoms with van der Waals surface area (Å²) in [7, 11) is -2.47. The summed E-state index contributed by atoms with van der Waals surface area (Å²) in [4.78, 5) is 0. The first-order chi connectivity index (χ1) is 12.0. The average molecular weight is 377 g/mol. The van der Waals surface area contributed by atoms with E-state index in [1.54, 1.807) is 0 Å². The normalized spacial score (nSPS) is 28.5. The van der Waals surface area contributed by atoms with E-state index in [1.807, 2.05) is 37.3 Å². The maximum absolute atomic E-state index is 6.68. The molecule has 4 nitrogen and oxygen atoms in total. The highest BCUT2D eigenvalue weighted by molar-refractivity contribution is 6.73. The first-order valence-corrected chi connectivity index (χ1v) is 11.2. The molecule has 144 valence electrons. The van der Waals surface area contributed by atoms with Crippen LogP contribution in [0.5, 0.6) is 5.75 Å². The van der Waals surface area contributed by atoms with E-state index in [0.29, 0.717) is 6.61 Å². The molecule has 0 unspecified atom stereocenters. The minimum absolute atomic E-state index is 0.0292. The van der Waals surface area contributed by atoms with Gasteiger partial charge in [0, 0.05) is 10.1 Å². The van der Waals surface area contributed by atoms with Crippen molar-refractivity contribution in [3.8, 4) is 5.75 Å². The second kappa shape index (κ2) is 6.79. The van der Waals surface area contributed by atoms with E-state index in [1.165, 1.54) is 0 Å². The van der Waals surface area contributed by atoms with E-state index in [2.05, 4.69) is 47.6 Å². The highest BCUT2D eigenvalue weighted by Crippen LogP contribution is 2.54. The maximum Gasteiger partial charge on any atom is 0.349 e. The third-order valence-corrected chi connectivity index (χ3v) is 10.3. The summed E-state index contributed by atoms with van der Waals surface area (Å²) in [5, 5.41) is -0.0584. The lowest BCUT2D eigenvalue weighted by molar-refractivity contribution is -0.163. The van der Waals surface area contributed by atoms with Gasteiger partial charge in [-0.2, -0.15) is 0 Å². The van der Waals surface area contributed by atoms with Gasteiger partial charge in [0.15, 0.2) is 0 Å². The van der Waals surface area contributed by atoms with Crippen molar-refractivity contribution in [2.24, 2.45) is 0 Å². The fourth-order valence-electron chi connectivity index (χ4n) is 4.09. The van der Waals surface area contributed by atoms with Crippen LogP contribution in [0.15, 0.2) is 36.4 Å². The van der Waals surface area contributed by atoms with Crippen LogP contribution in [0.25, 0.3) is 0 Å². The van der Waals surface area contributed by atoms with Crippen LogP contribution in [0, 0.1) is 6.92 Å². The number of hydrogen-bond donors (Lipinski definition) is 0. The van der Waals surface area contributed by atoms with E-state index in [-0.39, 0.29) is 22.3 Å². The Kier molecular flexibility index (Phi) is 5.12. The van der Waals surface area contributed by atoms with Crippen molar-refractivity contribution in [3.05, 3.63) is 42.0 Å². The highest BCUT2D eigenvalue weighted by Gasteiger charge is 2.62. The van der Waals surface area contributed by atoms with E-state index < -0.39 is 14.9 Å². The minimum atomic E-state index is -2.47. The number of fused-ring (bicyclic) bond motifs is 1. The van der Waals surface area contributed by atoms with Gasteiger partial charge in [0.1, 0.15) is 11.9 Å². The fourth-order valence-corrected chi connectivity index (χ4v) is 8.99. The number of ether oxygens (including phenoxy) is 2. The zero-order valence-electron chi connectivity index (χ0n) is 17.0. The molecule has 0 radical (unpaired) electrons. The van der Waals surface area contributed by atoms with E-state index >= 15 is 0 Å². The molecule has 0 aliphatic carbocycles. The molecule has 2 heterocycles. The summed E-state index contributed by atoms with van der Waals surface area (Å²) < 4.78 is 25.3. The van der Waals surface area contributed by atoms with Gasteiger partial charge in [0.2, 0.25) is 6.29 Å². The summed E-state index contributed by atoms with van der Waals surface area (Å²) in [5.41, 5.74) is 1.09. The molecule has 2 aliphatic rings. The van der Waals surface area contributed by atoms with Crippen LogP contribution < -0.4 is 4.74 Å². The number of para-hydroxylation sites is 1. The molecule has 1 saturated heterocycles. The lowest BCUT2D eigenvalue weighted by Gasteiger charge is -2.54. The molecule has 26 heavy (non-hydrogen) atoms. The van der Waals surface area contributed by atoms with Crippen molar-refractivity contribution in [1.29, 1.82) is 0 Å². The van der Waals surface area contributed by atoms with Crippen LogP contribution in [0.2, 0.25) is 10.1 Å². The van der Waals surface area contributed by atoms with Gasteiger partial charge in [-0.15, -0.1) is 0 Å². The van der Waals surface area contributed by atoms with E-state index in [0.717, 1.165) is 11.3 Å². The topological polar surface area (TPSA) is 36.9 Å². The standard InChI is InChI=1S/C21H32O4Si/c1-15-10-8-9-11-16(15)23-19-13-12-17-18(24-19)14-22-26(25-17,20(2,3)4)21(5,6)7/h8-13,17-19H,14H2,1-7H3/t17-,18-,19+/m1/s1. The molecule has 1 aromatic rings. The van der Waals surface area contributed by atoms with Gasteiger partial charge in [-0.1, -0.05) is 65.8 Å². The van der Waals surface area contributed by atoms with Crippen molar-refractivity contribution < 1.29 is 18.3 Å². The Morgan fingerprint density at radius 2 is 1.65 bits per heavy atom. The van der Waals surface area contributed by atoms with Gasteiger partial charge in [0.05, 0.1) is 12.7 Å². The molecule has 3 rings (SSSR count). The SMILES string of the molecule is Cc1ccccc1O[C@@H]1C=C[C@H]2O[Si](C(C)(C)C)(C(C)(C)C)OC[C@H]2O1. The van der Waals surface area contributed by atoms with Gasteiger partial charge >= 0.3 is 8.56 Å². The maximum atomic E-state index is 6.68. The summed E-state index contributed by atoms with van der Waals surface area (Å²) >= 11 is 0. The van der Waals surface area contributed by atoms with Crippen molar-refractivity contribution in [2.45, 2.75) is 77.0 Å². The molecule has 3 atom stereocenters. The van der Waals surface area contributed by atoms with Gasteiger partial charge in [-0.3, -0.25) is 0 Å². The van der Waals surface area contributed by atoms with Crippen LogP contribution in [0.1, 0.15) is 47.1 Å². The first-order valence-electron chi connectivity index (χ1n) is 9.41. The molecule has 0 bridgehead atoms. The molecule has 0 saturated carbocycles. The largest absolute Gasteiger partial charge is 0.461 e. The molecular weight excluding hydrogens is 344 g/mol. The molecule has 1 aromatic carbocycles. The predicted octanol–water partition coefficient (Wildman–Crippen LogP) is 5.11. The zero-order valence-corrected chi connectivity index (χ0v) is 18.0. The number of hydrogen-bond acceptors (Lipinski definition) is 4. The Bertz CT molecular complexity index is 657. The minimum Gasteiger partial charge on any atom is -0.461 e. The van der Waals surface area contributed by atoms with Crippen molar-refractivity contribution in [3.63, 3.8) is 0 Å². The molecule has 2 aliphatic heterocycles. The van der Waals surface area contributed by atoms with E-state index in [9.17, 15) is 0 Å². The second-order valence-corrected chi connectivity index (χ2v) is 14.1. The van der Waals surface area contributed by atoms with Crippen LogP contribution in [-0.2, 0) is 13.6 Å². The van der Waals surface area contributed by atoms with E-state index in [4.69, 9.17) is 18.3 Å². The summed E-state index contributed by atoms with van der Waals surface area (Å²) in [6.07, 6.45) is 3.43. The van der Waals surface area contributed by atoms with Gasteiger partial charge in [-0.25, -0.2) is 0 Å². The average Bonchev–Trinajstić information content (AvgIpc) is 2.54. The lowest BCUT2D eigenvalue weighted by atomic mass is 10.1. The zero-order chi connectivity index (χ0) is 19.2. The molecule has 0 aromatic heterocycles. The number of aryl methyl sites for hydroxylation is 1. The Morgan fingerprint density at radius 1 is 1.00 bits per heavy atom. The Balaban J connectivity index is 1.77. The summed E-state index contributed by atoms with van der Waals surface area (Å²) in [6, 6.07) is 7.96. The van der Waals surface area contributed by atoms with Gasteiger partial charge < -0.3 is 18.3 Å². The monoisotopic (exact) mass is 376 g/mol. The highest BCUT2D eigenvalue weighted by atomic mass is 28.4. The first kappa shape index (κ1) is 19.6. The van der Waals surface area contributed by atoms with Crippen LogP contribution in [-0.4, -0.2) is 33.7 Å². The fraction of sp³-hybridized carbons (Fsp3) is 0.619. The van der Waals surface area contributed by atoms with Crippen molar-refractivity contribution in [2.75, 3.05) is 6.61 Å². The third kappa shape index (κ3) is 3.50. The Labute approximate surface area is 158 Å². The predicted molar refractivity (Wildman–Crippen MR) is 106 cm³/mol. The lowest BCUT2D eigenvalue weighted by Crippen LogP contribution is -2.65. The molecule has 0 amide bonds. The van der Waals surface area contributed by atoms with Crippen LogP contribution in [0.4, 0.5) is 0 Å². The quantitative estimate of drug-likeness (QED) is 0.531. The van der Waals surface area contributed by atoms with Crippen LogP contribution in [0.3, 0.4) is 0 Å². The molecular formula is C21H32O4Si. The molecule has 0 N–H and O–H groups in total. The summed E-state index contributed by atoms with van der Waals surface area (Å²) in [5.74, 6) is 0.839. The van der Waals surface area contributed by atoms with Gasteiger partial charge in [0.25, 0.3) is 0 Å². The molecule has 5 heteroatoms. The molecule has 0 spiro atoms. The molecule has 1 fully saturated rings. The van der Waals surface area contributed by atoms with Gasteiger partial charge in [-0.05, 0) is 24.6 Å². The van der Waals surface area contributed by atoms with Crippen LogP contribution >= 0.6 is 0 Å². The summed E-state index contributed by atoms with van der Waals surface area (Å²) in [6.45, 7) is 15.9. The number of rotatable bonds is 2.